The number of furan rings is 1. The van der Waals surface area contributed by atoms with Gasteiger partial charge in [-0.15, -0.1) is 0 Å². The molecule has 9 nitrogen and oxygen atoms in total. The first-order valence-corrected chi connectivity index (χ1v) is 11.9. The number of benzene rings is 1. The van der Waals surface area contributed by atoms with E-state index in [2.05, 4.69) is 15.2 Å². The van der Waals surface area contributed by atoms with E-state index >= 15 is 0 Å². The third-order valence-electron chi connectivity index (χ3n) is 6.02. The molecular formula is C24H28N4O5S. The molecule has 10 heteroatoms. The van der Waals surface area contributed by atoms with Crippen molar-refractivity contribution in [1.29, 1.82) is 0 Å². The number of nitrogens with one attached hydrogen (secondary N) is 2. The Kier molecular flexibility index (Phi) is 6.98. The van der Waals surface area contributed by atoms with Crippen molar-refractivity contribution in [3.05, 3.63) is 58.3 Å². The number of rotatable bonds is 7. The van der Waals surface area contributed by atoms with E-state index in [1.54, 1.807) is 6.26 Å². The molecule has 0 atom stereocenters. The standard InChI is InChI=1S/C24H28N4O5S/c29-23-18(12-17-13-21-22(14-20(17)26-23)33-11-10-32-21)16-28(4-3-27-5-8-30-9-6-27)24(34)25-15-19-2-1-7-31-19/h1-2,7,12-14H,3-6,8-11,15-16H2,(H,25,34)(H,26,29). The smallest absolute Gasteiger partial charge is 0.253 e. The van der Waals surface area contributed by atoms with Gasteiger partial charge < -0.3 is 33.8 Å². The fourth-order valence-corrected chi connectivity index (χ4v) is 4.37. The molecular weight excluding hydrogens is 456 g/mol. The molecule has 4 heterocycles. The second-order valence-corrected chi connectivity index (χ2v) is 8.71. The summed E-state index contributed by atoms with van der Waals surface area (Å²) in [5.41, 5.74) is 1.21. The third kappa shape index (κ3) is 5.35. The molecule has 0 radical (unpaired) electrons. The highest BCUT2D eigenvalue weighted by molar-refractivity contribution is 7.80. The highest BCUT2D eigenvalue weighted by atomic mass is 32.1. The molecule has 2 aromatic heterocycles. The number of hydrogen-bond donors (Lipinski definition) is 2. The lowest BCUT2D eigenvalue weighted by atomic mass is 10.1. The van der Waals surface area contributed by atoms with Gasteiger partial charge >= 0.3 is 0 Å². The van der Waals surface area contributed by atoms with Crippen LogP contribution in [0.3, 0.4) is 0 Å². The van der Waals surface area contributed by atoms with Gasteiger partial charge in [0.05, 0.1) is 38.1 Å². The van der Waals surface area contributed by atoms with Crippen LogP contribution in [0.15, 0.2) is 45.8 Å². The zero-order chi connectivity index (χ0) is 23.3. The first-order valence-electron chi connectivity index (χ1n) is 11.5. The first-order chi connectivity index (χ1) is 16.7. The number of morpholine rings is 1. The van der Waals surface area contributed by atoms with Crippen molar-refractivity contribution in [2.75, 3.05) is 52.6 Å². The maximum Gasteiger partial charge on any atom is 0.253 e. The molecule has 1 fully saturated rings. The zero-order valence-corrected chi connectivity index (χ0v) is 19.7. The predicted molar refractivity (Wildman–Crippen MR) is 131 cm³/mol. The minimum atomic E-state index is -0.144. The average molecular weight is 485 g/mol. The predicted octanol–water partition coefficient (Wildman–Crippen LogP) is 2.10. The van der Waals surface area contributed by atoms with Crippen LogP contribution in [-0.2, 0) is 17.8 Å². The van der Waals surface area contributed by atoms with Crippen LogP contribution >= 0.6 is 12.2 Å². The molecule has 0 unspecified atom stereocenters. The van der Waals surface area contributed by atoms with E-state index in [4.69, 9.17) is 30.8 Å². The molecule has 0 aliphatic carbocycles. The van der Waals surface area contributed by atoms with Crippen LogP contribution in [0.2, 0.25) is 0 Å². The Morgan fingerprint density at radius 3 is 2.68 bits per heavy atom. The van der Waals surface area contributed by atoms with Crippen LogP contribution in [0, 0.1) is 0 Å². The van der Waals surface area contributed by atoms with Gasteiger partial charge in [-0.05, 0) is 36.5 Å². The molecule has 2 aliphatic rings. The summed E-state index contributed by atoms with van der Waals surface area (Å²) in [6.07, 6.45) is 1.64. The van der Waals surface area contributed by atoms with Crippen molar-refractivity contribution in [3.63, 3.8) is 0 Å². The monoisotopic (exact) mass is 484 g/mol. The number of ether oxygens (including phenoxy) is 3. The van der Waals surface area contributed by atoms with Gasteiger partial charge in [0.25, 0.3) is 5.56 Å². The Bertz CT molecular complexity index is 1190. The summed E-state index contributed by atoms with van der Waals surface area (Å²) in [6, 6.07) is 9.38. The van der Waals surface area contributed by atoms with Crippen molar-refractivity contribution in [2.45, 2.75) is 13.1 Å². The number of thiocarbonyl (C=S) groups is 1. The first kappa shape index (κ1) is 22.7. The van der Waals surface area contributed by atoms with E-state index in [0.29, 0.717) is 55.0 Å². The van der Waals surface area contributed by atoms with Crippen LogP contribution in [-0.4, -0.2) is 72.5 Å². The van der Waals surface area contributed by atoms with E-state index in [-0.39, 0.29) is 5.56 Å². The lowest BCUT2D eigenvalue weighted by molar-refractivity contribution is 0.0357. The van der Waals surface area contributed by atoms with Gasteiger partial charge in [-0.1, -0.05) is 0 Å². The van der Waals surface area contributed by atoms with Gasteiger partial charge in [-0.25, -0.2) is 0 Å². The van der Waals surface area contributed by atoms with Crippen LogP contribution in [0.1, 0.15) is 11.3 Å². The van der Waals surface area contributed by atoms with Crippen molar-refractivity contribution < 1.29 is 18.6 Å². The summed E-state index contributed by atoms with van der Waals surface area (Å²) in [5.74, 6) is 2.14. The Morgan fingerprint density at radius 2 is 1.91 bits per heavy atom. The topological polar surface area (TPSA) is 92.2 Å². The second kappa shape index (κ2) is 10.5. The molecule has 3 aromatic rings. The molecule has 0 amide bonds. The molecule has 1 saturated heterocycles. The average Bonchev–Trinajstić information content (AvgIpc) is 3.38. The molecule has 2 aliphatic heterocycles. The lowest BCUT2D eigenvalue weighted by Gasteiger charge is -2.31. The second-order valence-electron chi connectivity index (χ2n) is 8.32. The fraction of sp³-hybridized carbons (Fsp3) is 0.417. The van der Waals surface area contributed by atoms with Crippen molar-refractivity contribution in [2.24, 2.45) is 0 Å². The maximum absolute atomic E-state index is 12.9. The summed E-state index contributed by atoms with van der Waals surface area (Å²) < 4.78 is 22.2. The summed E-state index contributed by atoms with van der Waals surface area (Å²) >= 11 is 5.71. The van der Waals surface area contributed by atoms with Crippen LogP contribution in [0.25, 0.3) is 10.9 Å². The minimum Gasteiger partial charge on any atom is -0.486 e. The van der Waals surface area contributed by atoms with Crippen molar-refractivity contribution in [1.82, 2.24) is 20.1 Å². The largest absolute Gasteiger partial charge is 0.486 e. The van der Waals surface area contributed by atoms with E-state index in [0.717, 1.165) is 49.5 Å². The number of hydrogen-bond acceptors (Lipinski definition) is 7. The number of aromatic nitrogens is 1. The molecule has 0 bridgehead atoms. The molecule has 34 heavy (non-hydrogen) atoms. The number of aromatic amines is 1. The zero-order valence-electron chi connectivity index (χ0n) is 18.9. The van der Waals surface area contributed by atoms with Gasteiger partial charge in [0.1, 0.15) is 19.0 Å². The van der Waals surface area contributed by atoms with Gasteiger partial charge in [-0.2, -0.15) is 0 Å². The van der Waals surface area contributed by atoms with Crippen LogP contribution < -0.4 is 20.3 Å². The van der Waals surface area contributed by atoms with Gasteiger partial charge in [0.2, 0.25) is 0 Å². The fourth-order valence-electron chi connectivity index (χ4n) is 4.14. The highest BCUT2D eigenvalue weighted by Crippen LogP contribution is 2.33. The van der Waals surface area contributed by atoms with Crippen LogP contribution in [0.5, 0.6) is 11.5 Å². The van der Waals surface area contributed by atoms with Gasteiger partial charge in [0.15, 0.2) is 16.6 Å². The summed E-state index contributed by atoms with van der Waals surface area (Å²) in [4.78, 5) is 20.3. The SMILES string of the molecule is O=c1[nH]c2cc3c(cc2cc1CN(CCN1CCOCC1)C(=S)NCc1ccco1)OCCO3. The van der Waals surface area contributed by atoms with Crippen molar-refractivity contribution >= 4 is 28.2 Å². The Morgan fingerprint density at radius 1 is 1.12 bits per heavy atom. The van der Waals surface area contributed by atoms with Gasteiger partial charge in [-0.3, -0.25) is 9.69 Å². The van der Waals surface area contributed by atoms with Crippen molar-refractivity contribution in [3.8, 4) is 11.5 Å². The van der Waals surface area contributed by atoms with E-state index in [9.17, 15) is 4.79 Å². The molecule has 0 saturated carbocycles. The number of fused-ring (bicyclic) bond motifs is 2. The Labute approximate surface area is 202 Å². The number of pyridine rings is 1. The Balaban J connectivity index is 1.35. The van der Waals surface area contributed by atoms with E-state index < -0.39 is 0 Å². The maximum atomic E-state index is 12.9. The quantitative estimate of drug-likeness (QED) is 0.489. The van der Waals surface area contributed by atoms with E-state index in [1.165, 1.54) is 0 Å². The lowest BCUT2D eigenvalue weighted by Crippen LogP contribution is -2.46. The molecule has 180 valence electrons. The number of H-pyrrole nitrogens is 1. The van der Waals surface area contributed by atoms with Crippen LogP contribution in [0.4, 0.5) is 0 Å². The summed E-state index contributed by atoms with van der Waals surface area (Å²) in [6.45, 7) is 6.66. The molecule has 2 N–H and O–H groups in total. The third-order valence-corrected chi connectivity index (χ3v) is 6.42. The minimum absolute atomic E-state index is 0.144. The molecule has 1 aromatic carbocycles. The Hall–Kier alpha value is -3.08. The number of nitrogens with zero attached hydrogens (tertiary/aromatic N) is 2. The summed E-state index contributed by atoms with van der Waals surface area (Å²) in [7, 11) is 0. The molecule has 5 rings (SSSR count). The highest BCUT2D eigenvalue weighted by Gasteiger charge is 2.18. The normalized spacial score (nSPS) is 15.9. The van der Waals surface area contributed by atoms with E-state index in [1.807, 2.05) is 35.2 Å². The van der Waals surface area contributed by atoms with Gasteiger partial charge in [0, 0.05) is 43.2 Å². The molecule has 0 spiro atoms. The summed E-state index contributed by atoms with van der Waals surface area (Å²) in [5, 5.41) is 4.73.